The van der Waals surface area contributed by atoms with Gasteiger partial charge in [0.05, 0.1) is 0 Å². The molecule has 1 heteroatoms. The number of rotatable bonds is 3. The predicted octanol–water partition coefficient (Wildman–Crippen LogP) is 5.15. The Balaban J connectivity index is 1.54. The Morgan fingerprint density at radius 2 is 1.71 bits per heavy atom. The van der Waals surface area contributed by atoms with Crippen LogP contribution in [0, 0.1) is 0 Å². The summed E-state index contributed by atoms with van der Waals surface area (Å²) in [5.41, 5.74) is 8.47. The minimum atomic E-state index is 0.270. The van der Waals surface area contributed by atoms with Crippen molar-refractivity contribution in [1.29, 1.82) is 0 Å². The molecule has 2 aliphatic rings. The third-order valence-electron chi connectivity index (χ3n) is 6.40. The molecule has 2 aliphatic carbocycles. The van der Waals surface area contributed by atoms with Crippen molar-refractivity contribution in [3.05, 3.63) is 87.8 Å². The van der Waals surface area contributed by atoms with Crippen molar-refractivity contribution < 1.29 is 0 Å². The predicted molar refractivity (Wildman–Crippen MR) is 120 cm³/mol. The highest BCUT2D eigenvalue weighted by molar-refractivity contribution is 5.77. The number of fused-ring (bicyclic) bond motifs is 5. The summed E-state index contributed by atoms with van der Waals surface area (Å²) in [5, 5.41) is 6.52. The van der Waals surface area contributed by atoms with Crippen LogP contribution in [0.5, 0.6) is 0 Å². The van der Waals surface area contributed by atoms with Crippen LogP contribution in [0.25, 0.3) is 23.3 Å². The Morgan fingerprint density at radius 1 is 0.857 bits per heavy atom. The number of hydrogen-bond acceptors (Lipinski definition) is 1. The Hall–Kier alpha value is -2.80. The summed E-state index contributed by atoms with van der Waals surface area (Å²) >= 11 is 0. The van der Waals surface area contributed by atoms with Crippen molar-refractivity contribution >= 4 is 17.8 Å². The molecule has 0 unspecified atom stereocenters. The van der Waals surface area contributed by atoms with E-state index >= 15 is 0 Å². The molecule has 0 heterocycles. The highest BCUT2D eigenvalue weighted by atomic mass is 14.9. The molecule has 1 N–H and O–H groups in total. The topological polar surface area (TPSA) is 12.0 Å². The molecule has 140 valence electrons. The van der Waals surface area contributed by atoms with Gasteiger partial charge in [-0.3, -0.25) is 0 Å². The van der Waals surface area contributed by atoms with Crippen LogP contribution in [0.15, 0.2) is 60.7 Å². The molecule has 0 saturated heterocycles. The van der Waals surface area contributed by atoms with Gasteiger partial charge in [0.1, 0.15) is 0 Å². The van der Waals surface area contributed by atoms with Gasteiger partial charge in [-0.25, -0.2) is 0 Å². The van der Waals surface area contributed by atoms with Crippen LogP contribution in [0.3, 0.4) is 0 Å². The van der Waals surface area contributed by atoms with Crippen molar-refractivity contribution in [3.8, 4) is 11.1 Å². The molecule has 3 aromatic carbocycles. The van der Waals surface area contributed by atoms with Crippen LogP contribution >= 0.6 is 0 Å². The minimum Gasteiger partial charge on any atom is -0.381 e. The second-order valence-corrected chi connectivity index (χ2v) is 8.73. The van der Waals surface area contributed by atoms with Gasteiger partial charge in [-0.2, -0.15) is 0 Å². The van der Waals surface area contributed by atoms with Crippen LogP contribution in [-0.4, -0.2) is 0 Å². The fourth-order valence-corrected chi connectivity index (χ4v) is 4.74. The fraction of sp³-hybridized carbons (Fsp3) is 0.259. The van der Waals surface area contributed by atoms with Crippen LogP contribution in [0.4, 0.5) is 5.69 Å². The monoisotopic (exact) mass is 365 g/mol. The summed E-state index contributed by atoms with van der Waals surface area (Å²) < 4.78 is 0. The summed E-state index contributed by atoms with van der Waals surface area (Å²) in [4.78, 5) is 0. The van der Waals surface area contributed by atoms with E-state index < -0.39 is 0 Å². The first-order chi connectivity index (χ1) is 13.6. The van der Waals surface area contributed by atoms with E-state index in [4.69, 9.17) is 0 Å². The Labute approximate surface area is 167 Å². The lowest BCUT2D eigenvalue weighted by Gasteiger charge is -2.30. The maximum absolute atomic E-state index is 3.60. The molecule has 3 aromatic rings. The van der Waals surface area contributed by atoms with E-state index in [1.165, 1.54) is 56.8 Å². The molecular formula is C27H27N. The molecule has 28 heavy (non-hydrogen) atoms. The SMILES string of the molecule is CC1(C)CCC=c2c1ccc1c2=CCc2ccc(NCc3ccccc3)cc2-1. The largest absolute Gasteiger partial charge is 0.381 e. The van der Waals surface area contributed by atoms with Gasteiger partial charge in [-0.15, -0.1) is 0 Å². The van der Waals surface area contributed by atoms with Crippen molar-refractivity contribution in [2.24, 2.45) is 0 Å². The first-order valence-electron chi connectivity index (χ1n) is 10.4. The molecule has 0 fully saturated rings. The molecule has 5 rings (SSSR count). The van der Waals surface area contributed by atoms with Gasteiger partial charge < -0.3 is 5.32 Å². The molecular weight excluding hydrogens is 338 g/mol. The Kier molecular flexibility index (Phi) is 4.12. The zero-order valence-electron chi connectivity index (χ0n) is 16.8. The summed E-state index contributed by atoms with van der Waals surface area (Å²) in [7, 11) is 0. The lowest BCUT2D eigenvalue weighted by Crippen LogP contribution is -2.40. The normalized spacial score (nSPS) is 16.1. The van der Waals surface area contributed by atoms with E-state index in [0.29, 0.717) is 0 Å². The lowest BCUT2D eigenvalue weighted by atomic mass is 9.74. The average molecular weight is 366 g/mol. The van der Waals surface area contributed by atoms with Crippen molar-refractivity contribution in [2.45, 2.75) is 45.1 Å². The standard InChI is InChI=1S/C27H27N/c1-27(2)16-6-9-24-22-13-11-20-10-12-21(28-18-19-7-4-3-5-8-19)17-25(20)23(22)14-15-26(24)27/h3-5,7-10,12-15,17,28H,6,11,16,18H2,1-2H3. The van der Waals surface area contributed by atoms with Crippen LogP contribution in [0.2, 0.25) is 0 Å². The van der Waals surface area contributed by atoms with Gasteiger partial charge in [0.15, 0.2) is 0 Å². The Morgan fingerprint density at radius 3 is 2.57 bits per heavy atom. The molecule has 1 nitrogen and oxygen atoms in total. The smallest absolute Gasteiger partial charge is 0.0400 e. The van der Waals surface area contributed by atoms with E-state index in [-0.39, 0.29) is 5.41 Å². The zero-order valence-corrected chi connectivity index (χ0v) is 16.8. The number of anilines is 1. The van der Waals surface area contributed by atoms with Crippen molar-refractivity contribution in [2.75, 3.05) is 5.32 Å². The second kappa shape index (κ2) is 6.67. The third kappa shape index (κ3) is 2.96. The van der Waals surface area contributed by atoms with Gasteiger partial charge in [0, 0.05) is 12.2 Å². The quantitative estimate of drug-likeness (QED) is 0.676. The molecule has 0 radical (unpaired) electrons. The molecule has 0 amide bonds. The summed E-state index contributed by atoms with van der Waals surface area (Å²) in [6, 6.07) is 22.2. The van der Waals surface area contributed by atoms with Gasteiger partial charge in [0.25, 0.3) is 0 Å². The van der Waals surface area contributed by atoms with Gasteiger partial charge in [-0.1, -0.05) is 74.5 Å². The molecule has 0 aromatic heterocycles. The maximum Gasteiger partial charge on any atom is 0.0400 e. The number of nitrogens with one attached hydrogen (secondary N) is 1. The first kappa shape index (κ1) is 17.3. The molecule has 0 bridgehead atoms. The molecule has 0 saturated carbocycles. The van der Waals surface area contributed by atoms with Crippen molar-refractivity contribution in [3.63, 3.8) is 0 Å². The van der Waals surface area contributed by atoms with Crippen LogP contribution < -0.4 is 15.8 Å². The third-order valence-corrected chi connectivity index (χ3v) is 6.40. The lowest BCUT2D eigenvalue weighted by molar-refractivity contribution is 0.477. The Bertz CT molecular complexity index is 1150. The first-order valence-corrected chi connectivity index (χ1v) is 10.4. The molecule has 0 spiro atoms. The van der Waals surface area contributed by atoms with E-state index in [0.717, 1.165) is 13.0 Å². The maximum atomic E-state index is 3.60. The van der Waals surface area contributed by atoms with Gasteiger partial charge in [-0.05, 0) is 75.1 Å². The van der Waals surface area contributed by atoms with E-state index in [2.05, 4.69) is 92.0 Å². The minimum absolute atomic E-state index is 0.270. The van der Waals surface area contributed by atoms with E-state index in [1.54, 1.807) is 0 Å². The van der Waals surface area contributed by atoms with Gasteiger partial charge >= 0.3 is 0 Å². The van der Waals surface area contributed by atoms with Gasteiger partial charge in [0.2, 0.25) is 0 Å². The van der Waals surface area contributed by atoms with E-state index in [9.17, 15) is 0 Å². The highest BCUT2D eigenvalue weighted by Crippen LogP contribution is 2.32. The average Bonchev–Trinajstić information content (AvgIpc) is 2.72. The zero-order chi connectivity index (χ0) is 19.1. The van der Waals surface area contributed by atoms with E-state index in [1.807, 2.05) is 0 Å². The second-order valence-electron chi connectivity index (χ2n) is 8.73. The highest BCUT2D eigenvalue weighted by Gasteiger charge is 2.25. The molecule has 0 aliphatic heterocycles. The number of hydrogen-bond donors (Lipinski definition) is 1. The summed E-state index contributed by atoms with van der Waals surface area (Å²) in [5.74, 6) is 0. The fourth-order valence-electron chi connectivity index (χ4n) is 4.74. The summed E-state index contributed by atoms with van der Waals surface area (Å²) in [6.45, 7) is 5.62. The van der Waals surface area contributed by atoms with Crippen LogP contribution in [0.1, 0.15) is 43.4 Å². The summed E-state index contributed by atoms with van der Waals surface area (Å²) in [6.07, 6.45) is 8.33. The van der Waals surface area contributed by atoms with Crippen molar-refractivity contribution in [1.82, 2.24) is 0 Å². The van der Waals surface area contributed by atoms with Crippen LogP contribution in [-0.2, 0) is 18.4 Å². The number of benzene rings is 3. The molecule has 0 atom stereocenters.